The highest BCUT2D eigenvalue weighted by molar-refractivity contribution is 7.93. The number of hydrogen-bond acceptors (Lipinski definition) is 12. The van der Waals surface area contributed by atoms with Crippen LogP contribution in [-0.4, -0.2) is 47.9 Å². The van der Waals surface area contributed by atoms with Gasteiger partial charge >= 0.3 is 5.97 Å². The van der Waals surface area contributed by atoms with Crippen LogP contribution in [0, 0.1) is 27.7 Å². The maximum Gasteiger partial charge on any atom is 0.311 e. The number of hydrogen-bond donors (Lipinski definition) is 4. The van der Waals surface area contributed by atoms with Crippen molar-refractivity contribution in [2.24, 2.45) is 0 Å². The van der Waals surface area contributed by atoms with Gasteiger partial charge < -0.3 is 14.6 Å². The van der Waals surface area contributed by atoms with E-state index in [0.717, 1.165) is 11.3 Å². The minimum atomic E-state index is -4.25. The number of ether oxygens (including phenoxy) is 1. The number of thiophene rings is 1. The Hall–Kier alpha value is -3.05. The second-order valence-electron chi connectivity index (χ2n) is 8.09. The number of sulfonamides is 1. The lowest BCUT2D eigenvalue weighted by atomic mass is 10.0. The van der Waals surface area contributed by atoms with E-state index < -0.39 is 27.3 Å². The molecule has 16 heteroatoms. The van der Waals surface area contributed by atoms with Crippen molar-refractivity contribution in [2.45, 2.75) is 45.4 Å². The standard InChI is InChI=1S/C22H25ClN4O9S2/c1-11-10-12(2)19(35-16(28)6-5-8-34-27(30)31)13(3)18(11)24-21(29)20-15(7-9-37-20)38(32,33)26-22-17(23)14(4)25-36-22/h7,9-10,26,30-31H,5-6,8H2,1-4H3,(H,24,29). The third-order valence-electron chi connectivity index (χ3n) is 5.23. The van der Waals surface area contributed by atoms with E-state index in [2.05, 4.69) is 20.0 Å². The van der Waals surface area contributed by atoms with Gasteiger partial charge in [-0.25, -0.2) is 13.1 Å². The molecule has 0 spiro atoms. The molecule has 0 unspecified atom stereocenters. The van der Waals surface area contributed by atoms with Gasteiger partial charge in [-0.15, -0.1) is 11.3 Å². The molecule has 2 heterocycles. The molecule has 206 valence electrons. The molecule has 0 saturated carbocycles. The van der Waals surface area contributed by atoms with Crippen molar-refractivity contribution in [1.82, 2.24) is 10.5 Å². The van der Waals surface area contributed by atoms with Gasteiger partial charge in [-0.05, 0) is 56.7 Å². The molecule has 38 heavy (non-hydrogen) atoms. The van der Waals surface area contributed by atoms with Crippen molar-refractivity contribution in [3.8, 4) is 5.75 Å². The lowest BCUT2D eigenvalue weighted by Gasteiger charge is -2.18. The molecule has 0 aliphatic carbocycles. The molecule has 1 aromatic carbocycles. The van der Waals surface area contributed by atoms with Gasteiger partial charge in [0.05, 0.1) is 17.7 Å². The molecule has 3 rings (SSSR count). The number of carbonyl (C=O) groups excluding carboxylic acids is 2. The Balaban J connectivity index is 1.80. The highest BCUT2D eigenvalue weighted by Gasteiger charge is 2.28. The molecule has 0 bridgehead atoms. The van der Waals surface area contributed by atoms with E-state index in [0.29, 0.717) is 28.1 Å². The Bertz CT molecular complexity index is 1450. The molecule has 4 N–H and O–H groups in total. The minimum Gasteiger partial charge on any atom is -0.426 e. The molecule has 13 nitrogen and oxygen atoms in total. The summed E-state index contributed by atoms with van der Waals surface area (Å²) in [6.07, 6.45) is 0.0902. The molecule has 2 aromatic heterocycles. The predicted molar refractivity (Wildman–Crippen MR) is 136 cm³/mol. The summed E-state index contributed by atoms with van der Waals surface area (Å²) in [4.78, 5) is 29.5. The van der Waals surface area contributed by atoms with E-state index in [1.807, 2.05) is 0 Å². The van der Waals surface area contributed by atoms with Gasteiger partial charge in [0.15, 0.2) is 0 Å². The zero-order chi connectivity index (χ0) is 28.2. The van der Waals surface area contributed by atoms with Crippen LogP contribution in [0.3, 0.4) is 0 Å². The first-order chi connectivity index (χ1) is 17.8. The lowest BCUT2D eigenvalue weighted by Crippen LogP contribution is -2.19. The Morgan fingerprint density at radius 2 is 1.92 bits per heavy atom. The fourth-order valence-electron chi connectivity index (χ4n) is 3.49. The molecule has 0 aliphatic rings. The molecule has 0 atom stereocenters. The number of aromatic nitrogens is 1. The summed E-state index contributed by atoms with van der Waals surface area (Å²) in [5, 5.41) is 24.4. The molecule has 0 aliphatic heterocycles. The van der Waals surface area contributed by atoms with Crippen LogP contribution in [0.2, 0.25) is 5.02 Å². The van der Waals surface area contributed by atoms with E-state index in [4.69, 9.17) is 31.3 Å². The number of nitrogens with one attached hydrogen (secondary N) is 2. The molecule has 1 amide bonds. The third kappa shape index (κ3) is 6.87. The summed E-state index contributed by atoms with van der Waals surface area (Å²) in [5.41, 5.74) is 2.41. The fraction of sp³-hybridized carbons (Fsp3) is 0.318. The van der Waals surface area contributed by atoms with Crippen LogP contribution in [0.15, 0.2) is 26.9 Å². The minimum absolute atomic E-state index is 0.000852. The number of nitrogens with zero attached hydrogens (tertiary/aromatic N) is 2. The van der Waals surface area contributed by atoms with Crippen LogP contribution in [-0.2, 0) is 19.7 Å². The summed E-state index contributed by atoms with van der Waals surface area (Å²) in [5.74, 6) is -1.32. The van der Waals surface area contributed by atoms with Crippen LogP contribution in [0.5, 0.6) is 5.75 Å². The van der Waals surface area contributed by atoms with Crippen LogP contribution < -0.4 is 14.8 Å². The van der Waals surface area contributed by atoms with Gasteiger partial charge in [0.1, 0.15) is 26.2 Å². The molecule has 0 fully saturated rings. The molecular weight excluding hydrogens is 564 g/mol. The monoisotopic (exact) mass is 588 g/mol. The van der Waals surface area contributed by atoms with E-state index in [-0.39, 0.29) is 45.9 Å². The Morgan fingerprint density at radius 3 is 2.55 bits per heavy atom. The summed E-state index contributed by atoms with van der Waals surface area (Å²) >= 11 is 6.93. The Morgan fingerprint density at radius 1 is 1.21 bits per heavy atom. The van der Waals surface area contributed by atoms with Crippen molar-refractivity contribution in [2.75, 3.05) is 16.6 Å². The first kappa shape index (κ1) is 29.5. The summed E-state index contributed by atoms with van der Waals surface area (Å²) < 4.78 is 38.5. The largest absolute Gasteiger partial charge is 0.426 e. The summed E-state index contributed by atoms with van der Waals surface area (Å²) in [6, 6.07) is 2.99. The maximum absolute atomic E-state index is 13.2. The van der Waals surface area contributed by atoms with Crippen LogP contribution in [0.1, 0.15) is 44.9 Å². The quantitative estimate of drug-likeness (QED) is 0.108. The van der Waals surface area contributed by atoms with Crippen molar-refractivity contribution in [1.29, 1.82) is 0 Å². The molecule has 0 radical (unpaired) electrons. The first-order valence-electron chi connectivity index (χ1n) is 11.0. The Kier molecular flexibility index (Phi) is 9.48. The van der Waals surface area contributed by atoms with Crippen LogP contribution >= 0.6 is 22.9 Å². The van der Waals surface area contributed by atoms with E-state index in [9.17, 15) is 18.0 Å². The second-order valence-corrected chi connectivity index (χ2v) is 11.0. The van der Waals surface area contributed by atoms with Gasteiger partial charge in [-0.1, -0.05) is 22.8 Å². The smallest absolute Gasteiger partial charge is 0.311 e. The van der Waals surface area contributed by atoms with Crippen molar-refractivity contribution < 1.29 is 42.5 Å². The number of rotatable bonds is 11. The van der Waals surface area contributed by atoms with Gasteiger partial charge in [0.2, 0.25) is 0 Å². The normalized spacial score (nSPS) is 11.6. The highest BCUT2D eigenvalue weighted by Crippen LogP contribution is 2.35. The van der Waals surface area contributed by atoms with Gasteiger partial charge in [0.25, 0.3) is 21.8 Å². The first-order valence-corrected chi connectivity index (χ1v) is 13.7. The van der Waals surface area contributed by atoms with Crippen molar-refractivity contribution in [3.63, 3.8) is 0 Å². The Labute approximate surface area is 226 Å². The average molecular weight is 589 g/mol. The SMILES string of the molecule is Cc1cc(C)c(OC(=O)CCCON(O)O)c(C)c1NC(=O)c1sccc1S(=O)(=O)Nc1onc(C)c1Cl. The molecular formula is C22H25ClN4O9S2. The van der Waals surface area contributed by atoms with Crippen LogP contribution in [0.4, 0.5) is 11.6 Å². The third-order valence-corrected chi connectivity index (χ3v) is 8.09. The predicted octanol–water partition coefficient (Wildman–Crippen LogP) is 4.37. The average Bonchev–Trinajstić information content (AvgIpc) is 3.45. The van der Waals surface area contributed by atoms with Crippen LogP contribution in [0.25, 0.3) is 0 Å². The summed E-state index contributed by atoms with van der Waals surface area (Å²) in [6.45, 7) is 6.55. The zero-order valence-electron chi connectivity index (χ0n) is 20.7. The topological polar surface area (TPSA) is 181 Å². The number of benzene rings is 1. The number of anilines is 2. The number of amides is 1. The van der Waals surface area contributed by atoms with Crippen molar-refractivity contribution in [3.05, 3.63) is 49.8 Å². The van der Waals surface area contributed by atoms with E-state index >= 15 is 0 Å². The van der Waals surface area contributed by atoms with Gasteiger partial charge in [0, 0.05) is 12.0 Å². The van der Waals surface area contributed by atoms with Gasteiger partial charge in [-0.3, -0.25) is 24.8 Å². The fourth-order valence-corrected chi connectivity index (χ4v) is 5.98. The lowest BCUT2D eigenvalue weighted by molar-refractivity contribution is -0.492. The van der Waals surface area contributed by atoms with E-state index in [1.165, 1.54) is 11.4 Å². The molecule has 3 aromatic rings. The molecule has 0 saturated heterocycles. The van der Waals surface area contributed by atoms with E-state index in [1.54, 1.807) is 33.8 Å². The van der Waals surface area contributed by atoms with Gasteiger partial charge in [-0.2, -0.15) is 0 Å². The summed E-state index contributed by atoms with van der Waals surface area (Å²) in [7, 11) is -4.25. The number of halogens is 1. The number of carbonyl (C=O) groups is 2. The maximum atomic E-state index is 13.2. The second kappa shape index (κ2) is 12.2. The zero-order valence-corrected chi connectivity index (χ0v) is 23.1. The highest BCUT2D eigenvalue weighted by atomic mass is 35.5. The van der Waals surface area contributed by atoms with Crippen molar-refractivity contribution >= 4 is 56.4 Å². The number of aryl methyl sites for hydroxylation is 3. The number of esters is 1.